The van der Waals surface area contributed by atoms with Gasteiger partial charge in [0.05, 0.1) is 4.47 Å². The van der Waals surface area contributed by atoms with E-state index in [-0.39, 0.29) is 5.75 Å². The van der Waals surface area contributed by atoms with E-state index in [2.05, 4.69) is 21.2 Å². The molecule has 1 amide bonds. The first kappa shape index (κ1) is 13.5. The fourth-order valence-corrected chi connectivity index (χ4v) is 2.08. The molecule has 0 saturated heterocycles. The van der Waals surface area contributed by atoms with Gasteiger partial charge >= 0.3 is 0 Å². The van der Waals surface area contributed by atoms with Gasteiger partial charge in [-0.15, -0.1) is 0 Å². The van der Waals surface area contributed by atoms with Crippen LogP contribution in [-0.2, 0) is 0 Å². The maximum atomic E-state index is 13.4. The fraction of sp³-hybridized carbons (Fsp3) is 0.0714. The van der Waals surface area contributed by atoms with Crippen molar-refractivity contribution in [2.45, 2.75) is 6.92 Å². The summed E-state index contributed by atoms with van der Waals surface area (Å²) < 4.78 is 13.8. The average molecular weight is 324 g/mol. The molecule has 5 heteroatoms. The Labute approximate surface area is 118 Å². The second kappa shape index (κ2) is 5.40. The normalized spacial score (nSPS) is 10.3. The van der Waals surface area contributed by atoms with E-state index in [1.165, 1.54) is 18.2 Å². The topological polar surface area (TPSA) is 49.3 Å². The van der Waals surface area contributed by atoms with E-state index >= 15 is 0 Å². The van der Waals surface area contributed by atoms with E-state index in [1.807, 2.05) is 0 Å². The van der Waals surface area contributed by atoms with Crippen LogP contribution in [0.1, 0.15) is 15.9 Å². The Morgan fingerprint density at radius 2 is 2.05 bits per heavy atom. The maximum Gasteiger partial charge on any atom is 0.255 e. The maximum absolute atomic E-state index is 13.4. The molecule has 0 heterocycles. The number of carbonyl (C=O) groups is 1. The Balaban J connectivity index is 2.27. The van der Waals surface area contributed by atoms with Gasteiger partial charge in [0.15, 0.2) is 0 Å². The zero-order valence-electron chi connectivity index (χ0n) is 10.1. The summed E-state index contributed by atoms with van der Waals surface area (Å²) in [4.78, 5) is 12.0. The number of phenols is 1. The molecule has 0 bridgehead atoms. The molecule has 2 aromatic rings. The zero-order chi connectivity index (χ0) is 14.0. The molecular weight excluding hydrogens is 313 g/mol. The second-order valence-electron chi connectivity index (χ2n) is 4.09. The number of rotatable bonds is 2. The van der Waals surface area contributed by atoms with Crippen molar-refractivity contribution >= 4 is 27.5 Å². The highest BCUT2D eigenvalue weighted by Gasteiger charge is 2.10. The molecule has 0 fully saturated rings. The SMILES string of the molecule is Cc1cc(Br)c(F)cc1NC(=O)c1cccc(O)c1. The number of aryl methyl sites for hydroxylation is 1. The number of anilines is 1. The standard InChI is InChI=1S/C14H11BrFNO2/c1-8-5-11(15)12(16)7-13(8)17-14(19)9-3-2-4-10(18)6-9/h2-7,18H,1H3,(H,17,19). The van der Waals surface area contributed by atoms with Crippen LogP contribution in [0, 0.1) is 12.7 Å². The highest BCUT2D eigenvalue weighted by atomic mass is 79.9. The van der Waals surface area contributed by atoms with Crippen LogP contribution in [0.3, 0.4) is 0 Å². The molecule has 0 aliphatic rings. The van der Waals surface area contributed by atoms with Crippen molar-refractivity contribution in [1.82, 2.24) is 0 Å². The first-order valence-corrected chi connectivity index (χ1v) is 6.32. The number of amides is 1. The van der Waals surface area contributed by atoms with Crippen LogP contribution < -0.4 is 5.32 Å². The molecule has 0 aliphatic heterocycles. The van der Waals surface area contributed by atoms with Crippen LogP contribution in [0.4, 0.5) is 10.1 Å². The summed E-state index contributed by atoms with van der Waals surface area (Å²) in [5.41, 5.74) is 1.44. The van der Waals surface area contributed by atoms with Gasteiger partial charge in [0, 0.05) is 11.3 Å². The lowest BCUT2D eigenvalue weighted by molar-refractivity contribution is 0.102. The Bertz CT molecular complexity index is 643. The summed E-state index contributed by atoms with van der Waals surface area (Å²) >= 11 is 3.08. The molecule has 2 aromatic carbocycles. The number of hydrogen-bond acceptors (Lipinski definition) is 2. The van der Waals surface area contributed by atoms with Gasteiger partial charge in [0.2, 0.25) is 0 Å². The molecule has 0 aliphatic carbocycles. The molecule has 0 saturated carbocycles. The summed E-state index contributed by atoms with van der Waals surface area (Å²) in [5.74, 6) is -0.844. The number of halogens is 2. The number of benzene rings is 2. The number of nitrogens with one attached hydrogen (secondary N) is 1. The predicted molar refractivity (Wildman–Crippen MR) is 74.9 cm³/mol. The van der Waals surface area contributed by atoms with Gasteiger partial charge in [-0.05, 0) is 58.7 Å². The van der Waals surface area contributed by atoms with Gasteiger partial charge in [-0.25, -0.2) is 4.39 Å². The third-order valence-corrected chi connectivity index (χ3v) is 3.23. The lowest BCUT2D eigenvalue weighted by atomic mass is 10.1. The molecule has 0 radical (unpaired) electrons. The van der Waals surface area contributed by atoms with Crippen LogP contribution >= 0.6 is 15.9 Å². The van der Waals surface area contributed by atoms with E-state index in [4.69, 9.17) is 0 Å². The quantitative estimate of drug-likeness (QED) is 0.881. The van der Waals surface area contributed by atoms with Crippen LogP contribution in [0.2, 0.25) is 0 Å². The molecular formula is C14H11BrFNO2. The van der Waals surface area contributed by atoms with Gasteiger partial charge in [0.25, 0.3) is 5.91 Å². The Kier molecular flexibility index (Phi) is 3.85. The summed E-state index contributed by atoms with van der Waals surface area (Å²) in [7, 11) is 0. The summed E-state index contributed by atoms with van der Waals surface area (Å²) in [6.45, 7) is 1.77. The molecule has 98 valence electrons. The first-order chi connectivity index (χ1) is 8.97. The molecule has 2 rings (SSSR count). The number of phenolic OH excluding ortho intramolecular Hbond substituents is 1. The molecule has 19 heavy (non-hydrogen) atoms. The van der Waals surface area contributed by atoms with Crippen molar-refractivity contribution in [3.05, 3.63) is 57.8 Å². The van der Waals surface area contributed by atoms with E-state index < -0.39 is 11.7 Å². The van der Waals surface area contributed by atoms with Gasteiger partial charge in [-0.2, -0.15) is 0 Å². The van der Waals surface area contributed by atoms with Crippen molar-refractivity contribution in [3.63, 3.8) is 0 Å². The van der Waals surface area contributed by atoms with Crippen molar-refractivity contribution in [3.8, 4) is 5.75 Å². The average Bonchev–Trinajstić information content (AvgIpc) is 2.36. The van der Waals surface area contributed by atoms with Crippen molar-refractivity contribution in [2.75, 3.05) is 5.32 Å². The highest BCUT2D eigenvalue weighted by molar-refractivity contribution is 9.10. The predicted octanol–water partition coefficient (Wildman–Crippen LogP) is 3.85. The molecule has 0 unspecified atom stereocenters. The summed E-state index contributed by atoms with van der Waals surface area (Å²) in [6, 6.07) is 8.80. The minimum Gasteiger partial charge on any atom is -0.508 e. The van der Waals surface area contributed by atoms with Gasteiger partial charge in [0.1, 0.15) is 11.6 Å². The van der Waals surface area contributed by atoms with Crippen molar-refractivity contribution in [1.29, 1.82) is 0 Å². The fourth-order valence-electron chi connectivity index (χ4n) is 1.62. The van der Waals surface area contributed by atoms with Crippen LogP contribution in [0.15, 0.2) is 40.9 Å². The zero-order valence-corrected chi connectivity index (χ0v) is 11.7. The Morgan fingerprint density at radius 3 is 2.74 bits per heavy atom. The first-order valence-electron chi connectivity index (χ1n) is 5.53. The molecule has 2 N–H and O–H groups in total. The Hall–Kier alpha value is -1.88. The molecule has 0 aromatic heterocycles. The van der Waals surface area contributed by atoms with E-state index in [0.717, 1.165) is 5.56 Å². The number of carbonyl (C=O) groups excluding carboxylic acids is 1. The van der Waals surface area contributed by atoms with Gasteiger partial charge in [-0.1, -0.05) is 6.07 Å². The van der Waals surface area contributed by atoms with Gasteiger partial charge < -0.3 is 10.4 Å². The molecule has 0 spiro atoms. The second-order valence-corrected chi connectivity index (χ2v) is 4.94. The lowest BCUT2D eigenvalue weighted by Crippen LogP contribution is -2.12. The Morgan fingerprint density at radius 1 is 1.32 bits per heavy atom. The number of aromatic hydroxyl groups is 1. The van der Waals surface area contributed by atoms with Crippen LogP contribution in [0.25, 0.3) is 0 Å². The molecule has 0 atom stereocenters. The minimum absolute atomic E-state index is 0.00589. The summed E-state index contributed by atoms with van der Waals surface area (Å²) in [5, 5.41) is 11.9. The van der Waals surface area contributed by atoms with Crippen LogP contribution in [0.5, 0.6) is 5.75 Å². The van der Waals surface area contributed by atoms with Crippen molar-refractivity contribution in [2.24, 2.45) is 0 Å². The largest absolute Gasteiger partial charge is 0.508 e. The smallest absolute Gasteiger partial charge is 0.255 e. The van der Waals surface area contributed by atoms with E-state index in [0.29, 0.717) is 15.7 Å². The summed E-state index contributed by atoms with van der Waals surface area (Å²) in [6.07, 6.45) is 0. The highest BCUT2D eigenvalue weighted by Crippen LogP contribution is 2.24. The third kappa shape index (κ3) is 3.12. The van der Waals surface area contributed by atoms with Crippen LogP contribution in [-0.4, -0.2) is 11.0 Å². The van der Waals surface area contributed by atoms with E-state index in [9.17, 15) is 14.3 Å². The molecule has 3 nitrogen and oxygen atoms in total. The van der Waals surface area contributed by atoms with E-state index in [1.54, 1.807) is 25.1 Å². The number of hydrogen-bond donors (Lipinski definition) is 2. The monoisotopic (exact) mass is 323 g/mol. The lowest BCUT2D eigenvalue weighted by Gasteiger charge is -2.09. The minimum atomic E-state index is -0.447. The van der Waals surface area contributed by atoms with Crippen molar-refractivity contribution < 1.29 is 14.3 Å². The third-order valence-electron chi connectivity index (χ3n) is 2.62. The van der Waals surface area contributed by atoms with Gasteiger partial charge in [-0.3, -0.25) is 4.79 Å².